The number of rotatable bonds is 6. The summed E-state index contributed by atoms with van der Waals surface area (Å²) < 4.78 is 11.9. The second kappa shape index (κ2) is 9.36. The number of anilines is 1. The van der Waals surface area contributed by atoms with Crippen LogP contribution >= 0.6 is 0 Å². The third-order valence-electron chi connectivity index (χ3n) is 6.77. The van der Waals surface area contributed by atoms with Gasteiger partial charge in [-0.3, -0.25) is 19.1 Å². The quantitative estimate of drug-likeness (QED) is 0.672. The van der Waals surface area contributed by atoms with Gasteiger partial charge in [-0.15, -0.1) is 0 Å². The molecule has 0 bridgehead atoms. The molecular weight excluding hydrogens is 438 g/mol. The highest BCUT2D eigenvalue weighted by Gasteiger charge is 2.46. The number of amides is 3. The zero-order valence-electron chi connectivity index (χ0n) is 20.0. The number of carbonyl (C=O) groups is 3. The van der Waals surface area contributed by atoms with E-state index in [1.54, 1.807) is 32.2 Å². The molecular formula is C24H31N5O5. The number of aromatic nitrogens is 2. The van der Waals surface area contributed by atoms with Gasteiger partial charge in [0, 0.05) is 43.0 Å². The Morgan fingerprint density at radius 3 is 2.32 bits per heavy atom. The summed E-state index contributed by atoms with van der Waals surface area (Å²) >= 11 is 0. The molecule has 4 rings (SSSR count). The van der Waals surface area contributed by atoms with Crippen LogP contribution in [-0.2, 0) is 11.3 Å². The van der Waals surface area contributed by atoms with Crippen molar-refractivity contribution >= 4 is 23.4 Å². The molecule has 0 saturated heterocycles. The van der Waals surface area contributed by atoms with Gasteiger partial charge < -0.3 is 25.0 Å². The first-order valence-electron chi connectivity index (χ1n) is 11.5. The van der Waals surface area contributed by atoms with Gasteiger partial charge in [-0.25, -0.2) is 0 Å². The van der Waals surface area contributed by atoms with Crippen molar-refractivity contribution in [3.63, 3.8) is 0 Å². The molecule has 10 heteroatoms. The third kappa shape index (κ3) is 4.44. The van der Waals surface area contributed by atoms with E-state index >= 15 is 0 Å². The van der Waals surface area contributed by atoms with Crippen LogP contribution in [0.1, 0.15) is 60.0 Å². The fourth-order valence-corrected chi connectivity index (χ4v) is 4.50. The Morgan fingerprint density at radius 2 is 1.71 bits per heavy atom. The molecule has 1 saturated carbocycles. The molecule has 1 aromatic carbocycles. The Kier molecular flexibility index (Phi) is 6.49. The van der Waals surface area contributed by atoms with E-state index in [2.05, 4.69) is 15.7 Å². The predicted molar refractivity (Wildman–Crippen MR) is 125 cm³/mol. The molecule has 2 N–H and O–H groups in total. The number of benzene rings is 1. The van der Waals surface area contributed by atoms with Crippen molar-refractivity contribution in [2.75, 3.05) is 26.6 Å². The maximum Gasteiger partial charge on any atom is 0.276 e. The third-order valence-corrected chi connectivity index (χ3v) is 6.77. The molecule has 2 aromatic rings. The number of carbonyl (C=O) groups excluding carboxylic acids is 3. The Labute approximate surface area is 198 Å². The number of nitrogens with zero attached hydrogens (tertiary/aromatic N) is 3. The summed E-state index contributed by atoms with van der Waals surface area (Å²) in [7, 11) is 4.66. The first kappa shape index (κ1) is 23.6. The summed E-state index contributed by atoms with van der Waals surface area (Å²) in [6.07, 6.45) is 5.28. The number of fused-ring (bicyclic) bond motifs is 1. The average molecular weight is 470 g/mol. The Balaban J connectivity index is 1.54. The van der Waals surface area contributed by atoms with Crippen LogP contribution < -0.4 is 20.1 Å². The minimum absolute atomic E-state index is 0.0791. The summed E-state index contributed by atoms with van der Waals surface area (Å²) in [5.74, 6) is -0.000274. The van der Waals surface area contributed by atoms with Gasteiger partial charge in [0.2, 0.25) is 5.91 Å². The molecule has 34 heavy (non-hydrogen) atoms. The normalized spacial score (nSPS) is 20.5. The highest BCUT2D eigenvalue weighted by atomic mass is 16.5. The fourth-order valence-electron chi connectivity index (χ4n) is 4.50. The lowest BCUT2D eigenvalue weighted by atomic mass is 9.92. The lowest BCUT2D eigenvalue weighted by Crippen LogP contribution is -2.63. The van der Waals surface area contributed by atoms with Gasteiger partial charge >= 0.3 is 0 Å². The second-order valence-electron chi connectivity index (χ2n) is 9.07. The first-order valence-corrected chi connectivity index (χ1v) is 11.5. The number of hydrogen-bond acceptors (Lipinski definition) is 6. The van der Waals surface area contributed by atoms with Crippen LogP contribution in [0.25, 0.3) is 0 Å². The Morgan fingerprint density at radius 1 is 1.06 bits per heavy atom. The zero-order valence-corrected chi connectivity index (χ0v) is 20.0. The van der Waals surface area contributed by atoms with Gasteiger partial charge in [-0.1, -0.05) is 19.3 Å². The fraction of sp³-hybridized carbons (Fsp3) is 0.500. The van der Waals surface area contributed by atoms with Gasteiger partial charge in [0.1, 0.15) is 22.7 Å². The number of methoxy groups -OCH3 is 2. The van der Waals surface area contributed by atoms with Crippen LogP contribution in [0, 0.1) is 0 Å². The molecule has 1 aliphatic carbocycles. The second-order valence-corrected chi connectivity index (χ2v) is 9.07. The largest absolute Gasteiger partial charge is 0.497 e. The van der Waals surface area contributed by atoms with Crippen LogP contribution in [0.5, 0.6) is 11.5 Å². The number of ether oxygens (including phenoxy) is 2. The standard InChI is InChI=1S/C24H31N5O5/c1-24(23(32)26-15-8-6-5-7-9-15)14-29-20(22(31)28(24)2)13-19(27-29)21(30)25-16-10-17(33-3)12-18(11-16)34-4/h10-13,15H,5-9,14H2,1-4H3,(H,25,30)(H,26,32). The summed E-state index contributed by atoms with van der Waals surface area (Å²) in [4.78, 5) is 40.7. The molecule has 1 unspecified atom stereocenters. The highest BCUT2D eigenvalue weighted by molar-refractivity contribution is 6.06. The van der Waals surface area contributed by atoms with Gasteiger partial charge in [0.05, 0.1) is 20.8 Å². The van der Waals surface area contributed by atoms with Crippen molar-refractivity contribution in [1.29, 1.82) is 0 Å². The number of hydrogen-bond donors (Lipinski definition) is 2. The van der Waals surface area contributed by atoms with Crippen molar-refractivity contribution in [2.24, 2.45) is 0 Å². The van der Waals surface area contributed by atoms with Crippen molar-refractivity contribution in [3.05, 3.63) is 35.7 Å². The molecule has 1 aromatic heterocycles. The van der Waals surface area contributed by atoms with E-state index in [1.807, 2.05) is 0 Å². The molecule has 1 fully saturated rings. The molecule has 2 heterocycles. The van der Waals surface area contributed by atoms with Crippen molar-refractivity contribution in [3.8, 4) is 11.5 Å². The van der Waals surface area contributed by atoms with E-state index in [-0.39, 0.29) is 35.8 Å². The summed E-state index contributed by atoms with van der Waals surface area (Å²) in [5.41, 5.74) is -0.303. The minimum Gasteiger partial charge on any atom is -0.497 e. The smallest absolute Gasteiger partial charge is 0.276 e. The van der Waals surface area contributed by atoms with E-state index in [9.17, 15) is 14.4 Å². The van der Waals surface area contributed by atoms with Crippen LogP contribution in [0.15, 0.2) is 24.3 Å². The summed E-state index contributed by atoms with van der Waals surface area (Å²) in [5, 5.41) is 10.2. The predicted octanol–water partition coefficient (Wildman–Crippen LogP) is 2.45. The van der Waals surface area contributed by atoms with E-state index in [0.29, 0.717) is 17.2 Å². The van der Waals surface area contributed by atoms with Gasteiger partial charge in [0.25, 0.3) is 11.8 Å². The van der Waals surface area contributed by atoms with Crippen LogP contribution in [0.2, 0.25) is 0 Å². The van der Waals surface area contributed by atoms with Crippen LogP contribution in [0.3, 0.4) is 0 Å². The molecule has 182 valence electrons. The summed E-state index contributed by atoms with van der Waals surface area (Å²) in [6, 6.07) is 6.58. The zero-order chi connectivity index (χ0) is 24.5. The van der Waals surface area contributed by atoms with Crippen molar-refractivity contribution in [2.45, 2.75) is 57.2 Å². The molecule has 1 aliphatic heterocycles. The molecule has 0 spiro atoms. The average Bonchev–Trinajstić information content (AvgIpc) is 3.27. The monoisotopic (exact) mass is 469 g/mol. The lowest BCUT2D eigenvalue weighted by molar-refractivity contribution is -0.133. The highest BCUT2D eigenvalue weighted by Crippen LogP contribution is 2.29. The van der Waals surface area contributed by atoms with Gasteiger partial charge in [-0.05, 0) is 19.8 Å². The van der Waals surface area contributed by atoms with E-state index in [4.69, 9.17) is 9.47 Å². The minimum atomic E-state index is -1.11. The maximum atomic E-state index is 13.2. The topological polar surface area (TPSA) is 115 Å². The van der Waals surface area contributed by atoms with Gasteiger partial charge in [0.15, 0.2) is 5.69 Å². The van der Waals surface area contributed by atoms with Crippen LogP contribution in [-0.4, -0.2) is 65.2 Å². The molecule has 1 atom stereocenters. The molecule has 0 radical (unpaired) electrons. The Bertz CT molecular complexity index is 1080. The van der Waals surface area contributed by atoms with E-state index in [0.717, 1.165) is 25.7 Å². The maximum absolute atomic E-state index is 13.2. The van der Waals surface area contributed by atoms with E-state index < -0.39 is 11.4 Å². The number of likely N-dealkylation sites (N-methyl/N-ethyl adjacent to an activating group) is 1. The van der Waals surface area contributed by atoms with E-state index in [1.165, 1.54) is 36.3 Å². The van der Waals surface area contributed by atoms with Crippen molar-refractivity contribution < 1.29 is 23.9 Å². The molecule has 2 aliphatic rings. The van der Waals surface area contributed by atoms with Crippen LogP contribution in [0.4, 0.5) is 5.69 Å². The summed E-state index contributed by atoms with van der Waals surface area (Å²) in [6.45, 7) is 1.89. The molecule has 10 nitrogen and oxygen atoms in total. The lowest BCUT2D eigenvalue weighted by Gasteiger charge is -2.41. The van der Waals surface area contributed by atoms with Crippen molar-refractivity contribution in [1.82, 2.24) is 20.0 Å². The SMILES string of the molecule is COc1cc(NC(=O)c2cc3n(n2)CC(C)(C(=O)NC2CCCCC2)N(C)C3=O)cc(OC)c1. The first-order chi connectivity index (χ1) is 16.2. The number of nitrogens with one attached hydrogen (secondary N) is 2. The molecule has 3 amide bonds. The Hall–Kier alpha value is -3.56. The van der Waals surface area contributed by atoms with Gasteiger partial charge in [-0.2, -0.15) is 5.10 Å².